The van der Waals surface area contributed by atoms with Gasteiger partial charge in [0.15, 0.2) is 0 Å². The molecule has 4 rings (SSSR count). The molecule has 4 aromatic rings. The number of aryl methyl sites for hydroxylation is 3. The van der Waals surface area contributed by atoms with Crippen LogP contribution in [0, 0.1) is 13.8 Å². The van der Waals surface area contributed by atoms with E-state index in [2.05, 4.69) is 20.6 Å². The smallest absolute Gasteiger partial charge is 0.352 e. The minimum Gasteiger partial charge on any atom is -0.352 e. The summed E-state index contributed by atoms with van der Waals surface area (Å²) in [5.41, 5.74) is 1.72. The van der Waals surface area contributed by atoms with E-state index >= 15 is 0 Å². The van der Waals surface area contributed by atoms with Crippen LogP contribution in [0.4, 0.5) is 13.2 Å². The normalized spacial score (nSPS) is 11.7. The van der Waals surface area contributed by atoms with Crippen LogP contribution in [0.5, 0.6) is 0 Å². The molecule has 0 atom stereocenters. The van der Waals surface area contributed by atoms with Gasteiger partial charge in [-0.25, -0.2) is 4.68 Å². The Kier molecular flexibility index (Phi) is 6.32. The van der Waals surface area contributed by atoms with Gasteiger partial charge in [-0.1, -0.05) is 11.2 Å². The fourth-order valence-corrected chi connectivity index (χ4v) is 4.01. The van der Waals surface area contributed by atoms with Gasteiger partial charge in [-0.05, 0) is 49.1 Å². The Balaban J connectivity index is 1.41. The number of nitrogens with one attached hydrogen (secondary N) is 1. The van der Waals surface area contributed by atoms with Crippen LogP contribution in [0.3, 0.4) is 0 Å². The van der Waals surface area contributed by atoms with E-state index in [1.807, 2.05) is 16.8 Å². The first-order valence-corrected chi connectivity index (χ1v) is 11.0. The number of carbonyl (C=O) groups is 1. The number of benzene rings is 1. The topological polar surface area (TPSA) is 85.8 Å². The summed E-state index contributed by atoms with van der Waals surface area (Å²) < 4.78 is 47.7. The molecule has 3 aromatic heterocycles. The minimum atomic E-state index is -4.58. The number of rotatable bonds is 7. The SMILES string of the molecule is Cc1cc(C)n(-c2ccc(CNC(=O)CCc3nc(-c4ccsc4)no3)c(C(F)(F)F)c2)n1. The zero-order chi connectivity index (χ0) is 23.6. The van der Waals surface area contributed by atoms with E-state index in [0.717, 1.165) is 17.3 Å². The molecule has 1 amide bonds. The lowest BCUT2D eigenvalue weighted by Crippen LogP contribution is -2.25. The van der Waals surface area contributed by atoms with E-state index in [1.165, 1.54) is 22.1 Å². The molecule has 3 heterocycles. The lowest BCUT2D eigenvalue weighted by Gasteiger charge is -2.16. The van der Waals surface area contributed by atoms with Gasteiger partial charge < -0.3 is 9.84 Å². The molecule has 0 unspecified atom stereocenters. The monoisotopic (exact) mass is 475 g/mol. The summed E-state index contributed by atoms with van der Waals surface area (Å²) in [6.45, 7) is 3.29. The van der Waals surface area contributed by atoms with Gasteiger partial charge in [0.05, 0.1) is 16.9 Å². The highest BCUT2D eigenvalue weighted by Gasteiger charge is 2.34. The van der Waals surface area contributed by atoms with Gasteiger partial charge in [0.2, 0.25) is 17.6 Å². The van der Waals surface area contributed by atoms with Crippen molar-refractivity contribution < 1.29 is 22.5 Å². The summed E-state index contributed by atoms with van der Waals surface area (Å²) >= 11 is 1.50. The number of nitrogens with zero attached hydrogens (tertiary/aromatic N) is 4. The van der Waals surface area contributed by atoms with Crippen LogP contribution >= 0.6 is 11.3 Å². The zero-order valence-electron chi connectivity index (χ0n) is 17.8. The predicted molar refractivity (Wildman–Crippen MR) is 116 cm³/mol. The first kappa shape index (κ1) is 22.7. The van der Waals surface area contributed by atoms with Gasteiger partial charge in [-0.3, -0.25) is 4.79 Å². The van der Waals surface area contributed by atoms with E-state index < -0.39 is 17.6 Å². The third-order valence-corrected chi connectivity index (χ3v) is 5.63. The lowest BCUT2D eigenvalue weighted by atomic mass is 10.1. The maximum atomic E-state index is 13.7. The molecule has 0 fully saturated rings. The number of alkyl halides is 3. The second-order valence-electron chi connectivity index (χ2n) is 7.48. The third-order valence-electron chi connectivity index (χ3n) is 4.94. The Morgan fingerprint density at radius 2 is 2.03 bits per heavy atom. The van der Waals surface area contributed by atoms with Crippen LogP contribution in [-0.4, -0.2) is 25.8 Å². The zero-order valence-corrected chi connectivity index (χ0v) is 18.6. The van der Waals surface area contributed by atoms with Crippen LogP contribution in [-0.2, 0) is 23.9 Å². The molecule has 1 N–H and O–H groups in total. The molecule has 0 aliphatic heterocycles. The standard InChI is InChI=1S/C22H20F3N5O2S/c1-13-9-14(2)30(28-13)17-4-3-15(18(10-17)22(23,24)25)11-26-19(31)5-6-20-27-21(29-32-20)16-7-8-33-12-16/h3-4,7-10,12H,5-6,11H2,1-2H3,(H,26,31). The maximum absolute atomic E-state index is 13.7. The van der Waals surface area contributed by atoms with Crippen molar-refractivity contribution in [3.8, 4) is 17.1 Å². The van der Waals surface area contributed by atoms with Crippen molar-refractivity contribution in [2.45, 2.75) is 39.4 Å². The first-order chi connectivity index (χ1) is 15.7. The molecular formula is C22H20F3N5O2S. The Labute approximate surface area is 191 Å². The summed E-state index contributed by atoms with van der Waals surface area (Å²) in [7, 11) is 0. The second kappa shape index (κ2) is 9.18. The maximum Gasteiger partial charge on any atom is 0.416 e. The van der Waals surface area contributed by atoms with Crippen molar-refractivity contribution in [1.82, 2.24) is 25.2 Å². The van der Waals surface area contributed by atoms with Crippen LogP contribution in [0.1, 0.15) is 34.8 Å². The number of hydrogen-bond acceptors (Lipinski definition) is 6. The Morgan fingerprint density at radius 3 is 2.70 bits per heavy atom. The average molecular weight is 475 g/mol. The molecule has 0 saturated heterocycles. The molecule has 0 bridgehead atoms. The van der Waals surface area contributed by atoms with Gasteiger partial charge in [0.25, 0.3) is 0 Å². The quantitative estimate of drug-likeness (QED) is 0.412. The van der Waals surface area contributed by atoms with Crippen molar-refractivity contribution in [1.29, 1.82) is 0 Å². The third kappa shape index (κ3) is 5.30. The van der Waals surface area contributed by atoms with Crippen molar-refractivity contribution in [3.05, 3.63) is 69.5 Å². The highest BCUT2D eigenvalue weighted by atomic mass is 32.1. The molecule has 0 saturated carbocycles. The lowest BCUT2D eigenvalue weighted by molar-refractivity contribution is -0.138. The molecule has 0 aliphatic carbocycles. The van der Waals surface area contributed by atoms with E-state index in [0.29, 0.717) is 17.2 Å². The van der Waals surface area contributed by atoms with Crippen LogP contribution in [0.2, 0.25) is 0 Å². The average Bonchev–Trinajstić information content (AvgIpc) is 3.51. The number of hydrogen-bond donors (Lipinski definition) is 1. The highest BCUT2D eigenvalue weighted by molar-refractivity contribution is 7.08. The summed E-state index contributed by atoms with van der Waals surface area (Å²) in [6.07, 6.45) is -4.38. The van der Waals surface area contributed by atoms with Gasteiger partial charge in [-0.15, -0.1) is 0 Å². The van der Waals surface area contributed by atoms with E-state index in [1.54, 1.807) is 26.0 Å². The van der Waals surface area contributed by atoms with E-state index in [9.17, 15) is 18.0 Å². The number of aromatic nitrogens is 4. The summed E-state index contributed by atoms with van der Waals surface area (Å²) in [5.74, 6) is 0.307. The van der Waals surface area contributed by atoms with Gasteiger partial charge in [0.1, 0.15) is 0 Å². The van der Waals surface area contributed by atoms with Crippen molar-refractivity contribution >= 4 is 17.2 Å². The molecule has 11 heteroatoms. The molecule has 172 valence electrons. The van der Waals surface area contributed by atoms with Crippen molar-refractivity contribution in [3.63, 3.8) is 0 Å². The van der Waals surface area contributed by atoms with Crippen LogP contribution in [0.15, 0.2) is 45.6 Å². The highest BCUT2D eigenvalue weighted by Crippen LogP contribution is 2.33. The molecule has 0 spiro atoms. The minimum absolute atomic E-state index is 0.0104. The fourth-order valence-electron chi connectivity index (χ4n) is 3.37. The van der Waals surface area contributed by atoms with Crippen molar-refractivity contribution in [2.24, 2.45) is 0 Å². The van der Waals surface area contributed by atoms with E-state index in [-0.39, 0.29) is 30.8 Å². The van der Waals surface area contributed by atoms with Crippen molar-refractivity contribution in [2.75, 3.05) is 0 Å². The van der Waals surface area contributed by atoms with Gasteiger partial charge in [-0.2, -0.15) is 34.6 Å². The Morgan fingerprint density at radius 1 is 1.21 bits per heavy atom. The predicted octanol–water partition coefficient (Wildman–Crippen LogP) is 4.87. The molecule has 1 aromatic carbocycles. The molecule has 0 aliphatic rings. The summed E-state index contributed by atoms with van der Waals surface area (Å²) in [4.78, 5) is 16.5. The first-order valence-electron chi connectivity index (χ1n) is 10.1. The molecular weight excluding hydrogens is 455 g/mol. The molecule has 7 nitrogen and oxygen atoms in total. The largest absolute Gasteiger partial charge is 0.416 e. The second-order valence-corrected chi connectivity index (χ2v) is 8.26. The van der Waals surface area contributed by atoms with E-state index in [4.69, 9.17) is 4.52 Å². The Hall–Kier alpha value is -3.47. The number of amides is 1. The number of carbonyl (C=O) groups excluding carboxylic acids is 1. The molecule has 33 heavy (non-hydrogen) atoms. The fraction of sp³-hybridized carbons (Fsp3) is 0.273. The van der Waals surface area contributed by atoms with Crippen LogP contribution < -0.4 is 5.32 Å². The number of halogens is 3. The summed E-state index contributed by atoms with van der Waals surface area (Å²) in [5, 5.41) is 14.4. The van der Waals surface area contributed by atoms with Crippen LogP contribution in [0.25, 0.3) is 17.1 Å². The number of thiophene rings is 1. The Bertz CT molecular complexity index is 1260. The molecule has 0 radical (unpaired) electrons. The van der Waals surface area contributed by atoms with Gasteiger partial charge >= 0.3 is 6.18 Å². The summed E-state index contributed by atoms with van der Waals surface area (Å²) in [6, 6.07) is 7.60. The van der Waals surface area contributed by atoms with Gasteiger partial charge in [0, 0.05) is 36.0 Å².